The Balaban J connectivity index is 2.05. The highest BCUT2D eigenvalue weighted by Crippen LogP contribution is 2.22. The van der Waals surface area contributed by atoms with Crippen molar-refractivity contribution in [1.82, 2.24) is 9.88 Å². The molecule has 17 heavy (non-hydrogen) atoms. The van der Waals surface area contributed by atoms with E-state index in [1.807, 2.05) is 0 Å². The first-order valence-corrected chi connectivity index (χ1v) is 6.20. The Labute approximate surface area is 106 Å². The summed E-state index contributed by atoms with van der Waals surface area (Å²) in [5.41, 5.74) is 0. The SMILES string of the molecule is CC1CN(C)CCC1Nc1ncc(Cl)cc1F. The standard InChI is InChI=1S/C12H17ClFN3/c1-8-7-17(2)4-3-11(8)16-12-10(14)5-9(13)6-15-12/h5-6,8,11H,3-4,7H2,1-2H3,(H,15,16). The number of aromatic nitrogens is 1. The Morgan fingerprint density at radius 3 is 3.00 bits per heavy atom. The fraction of sp³-hybridized carbons (Fsp3) is 0.583. The molecule has 2 unspecified atom stereocenters. The first kappa shape index (κ1) is 12.6. The Bertz CT molecular complexity index is 399. The van der Waals surface area contributed by atoms with Crippen LogP contribution in [0.4, 0.5) is 10.2 Å². The maximum absolute atomic E-state index is 13.6. The zero-order valence-corrected chi connectivity index (χ0v) is 10.8. The van der Waals surface area contributed by atoms with Gasteiger partial charge in [-0.05, 0) is 32.0 Å². The highest BCUT2D eigenvalue weighted by atomic mass is 35.5. The second-order valence-electron chi connectivity index (χ2n) is 4.76. The fourth-order valence-electron chi connectivity index (χ4n) is 2.26. The number of piperidine rings is 1. The van der Waals surface area contributed by atoms with Crippen LogP contribution in [-0.2, 0) is 0 Å². The lowest BCUT2D eigenvalue weighted by Gasteiger charge is -2.35. The molecule has 94 valence electrons. The lowest BCUT2D eigenvalue weighted by molar-refractivity contribution is 0.206. The number of pyridine rings is 1. The summed E-state index contributed by atoms with van der Waals surface area (Å²) in [6.45, 7) is 4.21. The Morgan fingerprint density at radius 2 is 2.35 bits per heavy atom. The van der Waals surface area contributed by atoms with Gasteiger partial charge in [0.1, 0.15) is 0 Å². The predicted molar refractivity (Wildman–Crippen MR) is 67.9 cm³/mol. The van der Waals surface area contributed by atoms with E-state index in [2.05, 4.69) is 29.2 Å². The summed E-state index contributed by atoms with van der Waals surface area (Å²) in [6.07, 6.45) is 2.47. The van der Waals surface area contributed by atoms with Gasteiger partial charge in [-0.1, -0.05) is 18.5 Å². The molecule has 0 saturated carbocycles. The number of hydrogen-bond acceptors (Lipinski definition) is 3. The molecule has 1 N–H and O–H groups in total. The molecule has 1 aromatic rings. The molecule has 2 atom stereocenters. The van der Waals surface area contributed by atoms with Crippen molar-refractivity contribution in [2.75, 3.05) is 25.5 Å². The van der Waals surface area contributed by atoms with Crippen molar-refractivity contribution < 1.29 is 4.39 Å². The molecule has 1 fully saturated rings. The number of likely N-dealkylation sites (tertiary alicyclic amines) is 1. The molecule has 0 bridgehead atoms. The summed E-state index contributed by atoms with van der Waals surface area (Å²) in [5, 5.41) is 3.50. The van der Waals surface area contributed by atoms with Crippen LogP contribution in [0.15, 0.2) is 12.3 Å². The molecular formula is C12H17ClFN3. The molecular weight excluding hydrogens is 241 g/mol. The van der Waals surface area contributed by atoms with Gasteiger partial charge in [0.05, 0.1) is 5.02 Å². The first-order valence-electron chi connectivity index (χ1n) is 5.82. The molecule has 0 spiro atoms. The number of nitrogens with zero attached hydrogens (tertiary/aromatic N) is 2. The van der Waals surface area contributed by atoms with Gasteiger partial charge >= 0.3 is 0 Å². The summed E-state index contributed by atoms with van der Waals surface area (Å²) < 4.78 is 13.6. The van der Waals surface area contributed by atoms with Gasteiger partial charge in [-0.15, -0.1) is 0 Å². The van der Waals surface area contributed by atoms with E-state index in [0.717, 1.165) is 19.5 Å². The molecule has 5 heteroatoms. The monoisotopic (exact) mass is 257 g/mol. The number of halogens is 2. The average Bonchev–Trinajstić information content (AvgIpc) is 2.25. The van der Waals surface area contributed by atoms with Crippen LogP contribution >= 0.6 is 11.6 Å². The second-order valence-corrected chi connectivity index (χ2v) is 5.20. The quantitative estimate of drug-likeness (QED) is 0.883. The fourth-order valence-corrected chi connectivity index (χ4v) is 2.41. The lowest BCUT2D eigenvalue weighted by atomic mass is 9.94. The van der Waals surface area contributed by atoms with Gasteiger partial charge < -0.3 is 10.2 Å². The summed E-state index contributed by atoms with van der Waals surface area (Å²) >= 11 is 5.67. The first-order chi connectivity index (χ1) is 8.06. The topological polar surface area (TPSA) is 28.2 Å². The third kappa shape index (κ3) is 3.07. The van der Waals surface area contributed by atoms with E-state index in [1.54, 1.807) is 0 Å². The molecule has 1 aliphatic heterocycles. The summed E-state index contributed by atoms with van der Waals surface area (Å²) in [6, 6.07) is 1.56. The average molecular weight is 258 g/mol. The molecule has 0 amide bonds. The number of hydrogen-bond donors (Lipinski definition) is 1. The van der Waals surface area contributed by atoms with Crippen LogP contribution in [0.3, 0.4) is 0 Å². The minimum absolute atomic E-state index is 0.273. The van der Waals surface area contributed by atoms with Gasteiger partial charge in [-0.25, -0.2) is 9.37 Å². The zero-order chi connectivity index (χ0) is 12.4. The molecule has 2 heterocycles. The number of anilines is 1. The van der Waals surface area contributed by atoms with Crippen molar-refractivity contribution >= 4 is 17.4 Å². The van der Waals surface area contributed by atoms with Crippen LogP contribution in [0.25, 0.3) is 0 Å². The van der Waals surface area contributed by atoms with E-state index in [0.29, 0.717) is 16.8 Å². The molecule has 0 radical (unpaired) electrons. The molecule has 3 nitrogen and oxygen atoms in total. The smallest absolute Gasteiger partial charge is 0.166 e. The van der Waals surface area contributed by atoms with Crippen LogP contribution < -0.4 is 5.32 Å². The third-order valence-corrected chi connectivity index (χ3v) is 3.44. The Kier molecular flexibility index (Phi) is 3.84. The maximum atomic E-state index is 13.6. The van der Waals surface area contributed by atoms with Crippen molar-refractivity contribution in [2.24, 2.45) is 5.92 Å². The summed E-state index contributed by atoms with van der Waals surface area (Å²) in [4.78, 5) is 6.28. The van der Waals surface area contributed by atoms with Gasteiger partial charge in [0.25, 0.3) is 0 Å². The second kappa shape index (κ2) is 5.19. The van der Waals surface area contributed by atoms with E-state index in [4.69, 9.17) is 11.6 Å². The van der Waals surface area contributed by atoms with E-state index in [-0.39, 0.29) is 11.9 Å². The maximum Gasteiger partial charge on any atom is 0.166 e. The molecule has 1 saturated heterocycles. The predicted octanol–water partition coefficient (Wildman–Crippen LogP) is 2.63. The third-order valence-electron chi connectivity index (χ3n) is 3.24. The van der Waals surface area contributed by atoms with Gasteiger partial charge in [0, 0.05) is 18.8 Å². The largest absolute Gasteiger partial charge is 0.365 e. The highest BCUT2D eigenvalue weighted by molar-refractivity contribution is 6.30. The minimum atomic E-state index is -0.386. The van der Waals surface area contributed by atoms with Gasteiger partial charge in [0.2, 0.25) is 0 Å². The Morgan fingerprint density at radius 1 is 1.59 bits per heavy atom. The van der Waals surface area contributed by atoms with Crippen LogP contribution in [0.2, 0.25) is 5.02 Å². The van der Waals surface area contributed by atoms with Crippen LogP contribution in [0, 0.1) is 11.7 Å². The molecule has 2 rings (SSSR count). The molecule has 1 aromatic heterocycles. The lowest BCUT2D eigenvalue weighted by Crippen LogP contribution is -2.43. The molecule has 0 aliphatic carbocycles. The van der Waals surface area contributed by atoms with E-state index < -0.39 is 0 Å². The highest BCUT2D eigenvalue weighted by Gasteiger charge is 2.24. The normalized spacial score (nSPS) is 25.9. The summed E-state index contributed by atoms with van der Waals surface area (Å²) in [5.74, 6) is 0.394. The van der Waals surface area contributed by atoms with Crippen molar-refractivity contribution in [3.05, 3.63) is 23.1 Å². The van der Waals surface area contributed by atoms with Crippen LogP contribution in [0.1, 0.15) is 13.3 Å². The van der Waals surface area contributed by atoms with Crippen molar-refractivity contribution in [3.8, 4) is 0 Å². The minimum Gasteiger partial charge on any atom is -0.365 e. The van der Waals surface area contributed by atoms with Crippen LogP contribution in [0.5, 0.6) is 0 Å². The van der Waals surface area contributed by atoms with Gasteiger partial charge in [-0.2, -0.15) is 0 Å². The van der Waals surface area contributed by atoms with Crippen molar-refractivity contribution in [3.63, 3.8) is 0 Å². The van der Waals surface area contributed by atoms with Crippen molar-refractivity contribution in [1.29, 1.82) is 0 Å². The van der Waals surface area contributed by atoms with Crippen LogP contribution in [-0.4, -0.2) is 36.1 Å². The molecule has 0 aromatic carbocycles. The summed E-state index contributed by atoms with van der Waals surface area (Å²) in [7, 11) is 2.11. The number of nitrogens with one attached hydrogen (secondary N) is 1. The van der Waals surface area contributed by atoms with E-state index in [1.165, 1.54) is 12.3 Å². The Hall–Kier alpha value is -0.870. The zero-order valence-electron chi connectivity index (χ0n) is 10.1. The van der Waals surface area contributed by atoms with Gasteiger partial charge in [0.15, 0.2) is 11.6 Å². The molecule has 1 aliphatic rings. The van der Waals surface area contributed by atoms with Gasteiger partial charge in [-0.3, -0.25) is 0 Å². The number of rotatable bonds is 2. The van der Waals surface area contributed by atoms with E-state index >= 15 is 0 Å². The van der Waals surface area contributed by atoms with E-state index in [9.17, 15) is 4.39 Å². The van der Waals surface area contributed by atoms with Crippen molar-refractivity contribution in [2.45, 2.75) is 19.4 Å².